The normalized spacial score (nSPS) is 11.0. The van der Waals surface area contributed by atoms with Crippen molar-refractivity contribution in [1.29, 1.82) is 0 Å². The van der Waals surface area contributed by atoms with E-state index in [0.29, 0.717) is 5.69 Å². The largest absolute Gasteiger partial charge is 0.497 e. The van der Waals surface area contributed by atoms with Crippen LogP contribution in [0.1, 0.15) is 25.5 Å². The van der Waals surface area contributed by atoms with E-state index in [2.05, 4.69) is 9.97 Å². The topological polar surface area (TPSA) is 55.0 Å². The van der Waals surface area contributed by atoms with Crippen molar-refractivity contribution >= 4 is 11.0 Å². The third kappa shape index (κ3) is 1.78. The van der Waals surface area contributed by atoms with E-state index in [-0.39, 0.29) is 11.5 Å². The van der Waals surface area contributed by atoms with Crippen LogP contribution < -0.4 is 10.3 Å². The highest BCUT2D eigenvalue weighted by atomic mass is 16.5. The van der Waals surface area contributed by atoms with Gasteiger partial charge < -0.3 is 9.72 Å². The highest BCUT2D eigenvalue weighted by molar-refractivity contribution is 5.75. The van der Waals surface area contributed by atoms with Crippen LogP contribution in [0.4, 0.5) is 0 Å². The Morgan fingerprint density at radius 1 is 1.38 bits per heavy atom. The summed E-state index contributed by atoms with van der Waals surface area (Å²) < 4.78 is 5.12. The summed E-state index contributed by atoms with van der Waals surface area (Å²) in [4.78, 5) is 18.9. The Morgan fingerprint density at radius 3 is 2.75 bits per heavy atom. The number of hydrogen-bond donors (Lipinski definition) is 1. The van der Waals surface area contributed by atoms with Gasteiger partial charge in [-0.15, -0.1) is 0 Å². The van der Waals surface area contributed by atoms with E-state index in [1.165, 1.54) is 0 Å². The van der Waals surface area contributed by atoms with Crippen LogP contribution in [0.3, 0.4) is 0 Å². The first-order chi connectivity index (χ1) is 7.61. The molecule has 0 bridgehead atoms. The molecule has 0 aliphatic carbocycles. The first-order valence-electron chi connectivity index (χ1n) is 5.20. The fourth-order valence-electron chi connectivity index (χ4n) is 1.59. The molecular weight excluding hydrogens is 204 g/mol. The van der Waals surface area contributed by atoms with E-state index in [0.717, 1.165) is 16.8 Å². The Kier molecular flexibility index (Phi) is 2.64. The van der Waals surface area contributed by atoms with Crippen molar-refractivity contribution in [1.82, 2.24) is 9.97 Å². The van der Waals surface area contributed by atoms with E-state index < -0.39 is 0 Å². The first-order valence-corrected chi connectivity index (χ1v) is 5.20. The van der Waals surface area contributed by atoms with Crippen molar-refractivity contribution in [2.45, 2.75) is 19.8 Å². The Bertz CT molecular complexity index is 573. The van der Waals surface area contributed by atoms with Crippen molar-refractivity contribution in [2.24, 2.45) is 0 Å². The predicted octanol–water partition coefficient (Wildman–Crippen LogP) is 2.06. The quantitative estimate of drug-likeness (QED) is 0.839. The molecule has 1 aromatic heterocycles. The van der Waals surface area contributed by atoms with Gasteiger partial charge in [-0.05, 0) is 12.1 Å². The number of benzene rings is 1. The number of aromatic amines is 1. The summed E-state index contributed by atoms with van der Waals surface area (Å²) in [5.74, 6) is 0.848. The number of fused-ring (bicyclic) bond motifs is 1. The van der Waals surface area contributed by atoms with Crippen LogP contribution in [0.15, 0.2) is 23.0 Å². The predicted molar refractivity (Wildman–Crippen MR) is 63.0 cm³/mol. The van der Waals surface area contributed by atoms with Gasteiger partial charge in [0.05, 0.1) is 18.1 Å². The average molecular weight is 218 g/mol. The van der Waals surface area contributed by atoms with Gasteiger partial charge in [0.25, 0.3) is 5.56 Å². The Balaban J connectivity index is 2.70. The van der Waals surface area contributed by atoms with Gasteiger partial charge in [0.1, 0.15) is 11.4 Å². The summed E-state index contributed by atoms with van der Waals surface area (Å²) in [7, 11) is 1.61. The second kappa shape index (κ2) is 3.96. The Morgan fingerprint density at radius 2 is 2.12 bits per heavy atom. The van der Waals surface area contributed by atoms with E-state index in [9.17, 15) is 4.79 Å². The number of methoxy groups -OCH3 is 1. The lowest BCUT2D eigenvalue weighted by Gasteiger charge is -2.06. The van der Waals surface area contributed by atoms with Crippen molar-refractivity contribution in [3.8, 4) is 5.75 Å². The standard InChI is InChI=1S/C12H14N2O2/c1-7(2)11-12(15)14-9-5-4-8(16-3)6-10(9)13-11/h4-7H,1-3H3,(H,14,15). The molecule has 16 heavy (non-hydrogen) atoms. The maximum Gasteiger partial charge on any atom is 0.270 e. The number of nitrogens with one attached hydrogen (secondary N) is 1. The van der Waals surface area contributed by atoms with Gasteiger partial charge in [-0.1, -0.05) is 13.8 Å². The van der Waals surface area contributed by atoms with Crippen molar-refractivity contribution in [3.05, 3.63) is 34.2 Å². The minimum atomic E-state index is -0.118. The molecule has 0 atom stereocenters. The highest BCUT2D eigenvalue weighted by Crippen LogP contribution is 2.18. The molecule has 0 fully saturated rings. The molecule has 1 aromatic carbocycles. The van der Waals surface area contributed by atoms with E-state index in [1.54, 1.807) is 19.2 Å². The summed E-state index contributed by atoms with van der Waals surface area (Å²) in [5, 5.41) is 0. The van der Waals surface area contributed by atoms with E-state index >= 15 is 0 Å². The molecular formula is C12H14N2O2. The number of hydrogen-bond acceptors (Lipinski definition) is 3. The average Bonchev–Trinajstić information content (AvgIpc) is 2.27. The van der Waals surface area contributed by atoms with Gasteiger partial charge in [0, 0.05) is 12.0 Å². The molecule has 0 radical (unpaired) electrons. The zero-order chi connectivity index (χ0) is 11.7. The maximum atomic E-state index is 11.7. The molecule has 1 heterocycles. The lowest BCUT2D eigenvalue weighted by Crippen LogP contribution is -2.16. The van der Waals surface area contributed by atoms with Gasteiger partial charge >= 0.3 is 0 Å². The van der Waals surface area contributed by atoms with Crippen LogP contribution in [0.25, 0.3) is 11.0 Å². The van der Waals surface area contributed by atoms with Gasteiger partial charge in [-0.3, -0.25) is 4.79 Å². The minimum absolute atomic E-state index is 0.111. The zero-order valence-electron chi connectivity index (χ0n) is 9.57. The van der Waals surface area contributed by atoms with Crippen LogP contribution in [0.5, 0.6) is 5.75 Å². The van der Waals surface area contributed by atoms with Crippen molar-refractivity contribution in [2.75, 3.05) is 7.11 Å². The lowest BCUT2D eigenvalue weighted by atomic mass is 10.1. The minimum Gasteiger partial charge on any atom is -0.497 e. The molecule has 2 aromatic rings. The van der Waals surface area contributed by atoms with E-state index in [1.807, 2.05) is 19.9 Å². The number of rotatable bonds is 2. The zero-order valence-corrected chi connectivity index (χ0v) is 9.57. The molecule has 0 aliphatic heterocycles. The smallest absolute Gasteiger partial charge is 0.270 e. The number of nitrogens with zero attached hydrogens (tertiary/aromatic N) is 1. The Hall–Kier alpha value is -1.84. The number of aromatic nitrogens is 2. The summed E-state index contributed by atoms with van der Waals surface area (Å²) in [5.41, 5.74) is 1.92. The van der Waals surface area contributed by atoms with Crippen LogP contribution in [-0.4, -0.2) is 17.1 Å². The van der Waals surface area contributed by atoms with E-state index in [4.69, 9.17) is 4.74 Å². The molecule has 4 heteroatoms. The summed E-state index contributed by atoms with van der Waals surface area (Å²) in [6.45, 7) is 3.90. The number of H-pyrrole nitrogens is 1. The van der Waals surface area contributed by atoms with Crippen LogP contribution >= 0.6 is 0 Å². The molecule has 84 valence electrons. The number of ether oxygens (including phenoxy) is 1. The van der Waals surface area contributed by atoms with Crippen molar-refractivity contribution < 1.29 is 4.74 Å². The third-order valence-electron chi connectivity index (χ3n) is 2.47. The molecule has 0 spiro atoms. The highest BCUT2D eigenvalue weighted by Gasteiger charge is 2.08. The van der Waals surface area contributed by atoms with Gasteiger partial charge in [0.15, 0.2) is 0 Å². The van der Waals surface area contributed by atoms with Gasteiger partial charge in [0.2, 0.25) is 0 Å². The molecule has 2 rings (SSSR count). The van der Waals surface area contributed by atoms with Crippen LogP contribution in [0.2, 0.25) is 0 Å². The summed E-state index contributed by atoms with van der Waals surface area (Å²) >= 11 is 0. The molecule has 0 saturated heterocycles. The lowest BCUT2D eigenvalue weighted by molar-refractivity contribution is 0.415. The molecule has 0 amide bonds. The SMILES string of the molecule is COc1ccc2[nH]c(=O)c(C(C)C)nc2c1. The second-order valence-corrected chi connectivity index (χ2v) is 3.99. The van der Waals surface area contributed by atoms with Gasteiger partial charge in [-0.25, -0.2) is 4.98 Å². The monoisotopic (exact) mass is 218 g/mol. The van der Waals surface area contributed by atoms with Gasteiger partial charge in [-0.2, -0.15) is 0 Å². The fraction of sp³-hybridized carbons (Fsp3) is 0.333. The third-order valence-corrected chi connectivity index (χ3v) is 2.47. The van der Waals surface area contributed by atoms with Crippen molar-refractivity contribution in [3.63, 3.8) is 0 Å². The van der Waals surface area contributed by atoms with Crippen LogP contribution in [-0.2, 0) is 0 Å². The Labute approximate surface area is 93.3 Å². The summed E-state index contributed by atoms with van der Waals surface area (Å²) in [6.07, 6.45) is 0. The fourth-order valence-corrected chi connectivity index (χ4v) is 1.59. The summed E-state index contributed by atoms with van der Waals surface area (Å²) in [6, 6.07) is 5.42. The second-order valence-electron chi connectivity index (χ2n) is 3.99. The molecule has 0 aliphatic rings. The first kappa shape index (κ1) is 10.7. The maximum absolute atomic E-state index is 11.7. The molecule has 1 N–H and O–H groups in total. The van der Waals surface area contributed by atoms with Crippen LogP contribution in [0, 0.1) is 0 Å². The molecule has 4 nitrogen and oxygen atoms in total. The molecule has 0 unspecified atom stereocenters. The molecule has 0 saturated carbocycles.